The SMILES string of the molecule is CC(C)CC(CNC(=O)CCC1CCCNC1)CC(=O)O. The lowest BCUT2D eigenvalue weighted by atomic mass is 9.93. The van der Waals surface area contributed by atoms with Gasteiger partial charge in [0.1, 0.15) is 0 Å². The van der Waals surface area contributed by atoms with E-state index in [0.717, 1.165) is 25.9 Å². The minimum atomic E-state index is -0.789. The van der Waals surface area contributed by atoms with E-state index in [0.29, 0.717) is 24.8 Å². The van der Waals surface area contributed by atoms with E-state index in [-0.39, 0.29) is 18.2 Å². The minimum Gasteiger partial charge on any atom is -0.481 e. The number of hydrogen-bond acceptors (Lipinski definition) is 3. The third kappa shape index (κ3) is 8.71. The van der Waals surface area contributed by atoms with Crippen molar-refractivity contribution in [2.45, 2.75) is 52.4 Å². The molecular formula is C16H30N2O3. The van der Waals surface area contributed by atoms with Crippen LogP contribution in [-0.4, -0.2) is 36.6 Å². The molecule has 21 heavy (non-hydrogen) atoms. The second-order valence-electron chi connectivity index (χ2n) is 6.65. The average molecular weight is 298 g/mol. The molecule has 0 aromatic heterocycles. The summed E-state index contributed by atoms with van der Waals surface area (Å²) in [6.45, 7) is 6.74. The number of carbonyl (C=O) groups excluding carboxylic acids is 1. The molecule has 2 unspecified atom stereocenters. The summed E-state index contributed by atoms with van der Waals surface area (Å²) in [7, 11) is 0. The number of aliphatic carboxylic acids is 1. The highest BCUT2D eigenvalue weighted by atomic mass is 16.4. The van der Waals surface area contributed by atoms with Crippen LogP contribution in [0.3, 0.4) is 0 Å². The lowest BCUT2D eigenvalue weighted by molar-refractivity contribution is -0.138. The van der Waals surface area contributed by atoms with Gasteiger partial charge >= 0.3 is 5.97 Å². The van der Waals surface area contributed by atoms with E-state index in [1.807, 2.05) is 0 Å². The molecule has 1 fully saturated rings. The van der Waals surface area contributed by atoms with Gasteiger partial charge in [-0.15, -0.1) is 0 Å². The van der Waals surface area contributed by atoms with E-state index in [4.69, 9.17) is 5.11 Å². The first-order valence-electron chi connectivity index (χ1n) is 8.16. The van der Waals surface area contributed by atoms with Crippen LogP contribution in [-0.2, 0) is 9.59 Å². The first kappa shape index (κ1) is 18.0. The lowest BCUT2D eigenvalue weighted by Gasteiger charge is -2.22. The van der Waals surface area contributed by atoms with Crippen LogP contribution in [0.25, 0.3) is 0 Å². The molecule has 3 N–H and O–H groups in total. The molecule has 0 radical (unpaired) electrons. The topological polar surface area (TPSA) is 78.4 Å². The zero-order valence-corrected chi connectivity index (χ0v) is 13.4. The quantitative estimate of drug-likeness (QED) is 0.608. The van der Waals surface area contributed by atoms with Crippen molar-refractivity contribution >= 4 is 11.9 Å². The Balaban J connectivity index is 2.23. The Hall–Kier alpha value is -1.10. The van der Waals surface area contributed by atoms with Crippen molar-refractivity contribution in [3.63, 3.8) is 0 Å². The highest BCUT2D eigenvalue weighted by Gasteiger charge is 2.17. The number of carboxylic acids is 1. The number of amides is 1. The van der Waals surface area contributed by atoms with Crippen LogP contribution >= 0.6 is 0 Å². The van der Waals surface area contributed by atoms with E-state index < -0.39 is 5.97 Å². The predicted molar refractivity (Wildman–Crippen MR) is 83.0 cm³/mol. The highest BCUT2D eigenvalue weighted by Crippen LogP contribution is 2.17. The van der Waals surface area contributed by atoms with Gasteiger partial charge in [0.2, 0.25) is 5.91 Å². The fourth-order valence-electron chi connectivity index (χ4n) is 3.00. The number of nitrogens with one attached hydrogen (secondary N) is 2. The fraction of sp³-hybridized carbons (Fsp3) is 0.875. The summed E-state index contributed by atoms with van der Waals surface area (Å²) in [5.41, 5.74) is 0. The molecule has 1 aliphatic heterocycles. The predicted octanol–water partition coefficient (Wildman–Crippen LogP) is 2.02. The van der Waals surface area contributed by atoms with E-state index in [1.165, 1.54) is 12.8 Å². The third-order valence-electron chi connectivity index (χ3n) is 4.03. The zero-order chi connectivity index (χ0) is 15.7. The summed E-state index contributed by atoms with van der Waals surface area (Å²) in [5, 5.41) is 15.2. The van der Waals surface area contributed by atoms with Crippen LogP contribution in [0.1, 0.15) is 52.4 Å². The van der Waals surface area contributed by atoms with E-state index in [1.54, 1.807) is 0 Å². The van der Waals surface area contributed by atoms with Gasteiger partial charge < -0.3 is 15.7 Å². The third-order valence-corrected chi connectivity index (χ3v) is 4.03. The Bertz CT molecular complexity index is 325. The van der Waals surface area contributed by atoms with Gasteiger partial charge in [-0.3, -0.25) is 9.59 Å². The minimum absolute atomic E-state index is 0.0304. The van der Waals surface area contributed by atoms with Gasteiger partial charge in [0.05, 0.1) is 0 Å². The molecule has 1 heterocycles. The number of rotatable bonds is 9. The van der Waals surface area contributed by atoms with Gasteiger partial charge in [-0.1, -0.05) is 13.8 Å². The maximum absolute atomic E-state index is 11.9. The van der Waals surface area contributed by atoms with Crippen molar-refractivity contribution in [2.24, 2.45) is 17.8 Å². The van der Waals surface area contributed by atoms with Gasteiger partial charge in [0, 0.05) is 19.4 Å². The summed E-state index contributed by atoms with van der Waals surface area (Å²) in [5.74, 6) is 0.347. The Labute approximate surface area is 127 Å². The van der Waals surface area contributed by atoms with Crippen molar-refractivity contribution in [2.75, 3.05) is 19.6 Å². The van der Waals surface area contributed by atoms with Crippen molar-refractivity contribution < 1.29 is 14.7 Å². The van der Waals surface area contributed by atoms with Crippen molar-refractivity contribution in [3.8, 4) is 0 Å². The Kier molecular flexibility index (Phi) is 8.35. The smallest absolute Gasteiger partial charge is 0.303 e. The second kappa shape index (κ2) is 9.77. The zero-order valence-electron chi connectivity index (χ0n) is 13.4. The second-order valence-corrected chi connectivity index (χ2v) is 6.65. The number of carbonyl (C=O) groups is 2. The van der Waals surface area contributed by atoms with E-state index >= 15 is 0 Å². The standard InChI is InChI=1S/C16H30N2O3/c1-12(2)8-14(9-16(20)21)11-18-15(19)6-5-13-4-3-7-17-10-13/h12-14,17H,3-11H2,1-2H3,(H,18,19)(H,20,21). The Morgan fingerprint density at radius 3 is 2.71 bits per heavy atom. The first-order chi connectivity index (χ1) is 9.97. The van der Waals surface area contributed by atoms with Crippen LogP contribution in [0.5, 0.6) is 0 Å². The van der Waals surface area contributed by atoms with E-state index in [2.05, 4.69) is 24.5 Å². The molecule has 5 nitrogen and oxygen atoms in total. The summed E-state index contributed by atoms with van der Waals surface area (Å²) >= 11 is 0. The molecule has 1 amide bonds. The summed E-state index contributed by atoms with van der Waals surface area (Å²) in [4.78, 5) is 22.7. The molecule has 1 aliphatic rings. The molecule has 2 atom stereocenters. The van der Waals surface area contributed by atoms with E-state index in [9.17, 15) is 9.59 Å². The average Bonchev–Trinajstić information content (AvgIpc) is 2.42. The molecule has 0 aromatic rings. The van der Waals surface area contributed by atoms with Gasteiger partial charge in [-0.2, -0.15) is 0 Å². The van der Waals surface area contributed by atoms with Crippen molar-refractivity contribution in [1.29, 1.82) is 0 Å². The molecule has 1 rings (SSSR count). The highest BCUT2D eigenvalue weighted by molar-refractivity contribution is 5.76. The Morgan fingerprint density at radius 2 is 2.14 bits per heavy atom. The monoisotopic (exact) mass is 298 g/mol. The van der Waals surface area contributed by atoms with Crippen LogP contribution in [0, 0.1) is 17.8 Å². The van der Waals surface area contributed by atoms with Gasteiger partial charge in [0.15, 0.2) is 0 Å². The molecule has 5 heteroatoms. The van der Waals surface area contributed by atoms with Crippen molar-refractivity contribution in [1.82, 2.24) is 10.6 Å². The normalized spacial score (nSPS) is 20.2. The first-order valence-corrected chi connectivity index (χ1v) is 8.16. The summed E-state index contributed by atoms with van der Waals surface area (Å²) in [6.07, 6.45) is 4.83. The molecule has 0 spiro atoms. The number of piperidine rings is 1. The van der Waals surface area contributed by atoms with Gasteiger partial charge in [0.25, 0.3) is 0 Å². The van der Waals surface area contributed by atoms with Crippen LogP contribution in [0.15, 0.2) is 0 Å². The Morgan fingerprint density at radius 1 is 1.38 bits per heavy atom. The molecule has 0 aromatic carbocycles. The largest absolute Gasteiger partial charge is 0.481 e. The summed E-state index contributed by atoms with van der Waals surface area (Å²) < 4.78 is 0. The molecule has 122 valence electrons. The maximum Gasteiger partial charge on any atom is 0.303 e. The van der Waals surface area contributed by atoms with Gasteiger partial charge in [-0.25, -0.2) is 0 Å². The number of hydrogen-bond donors (Lipinski definition) is 3. The van der Waals surface area contributed by atoms with Crippen LogP contribution in [0.4, 0.5) is 0 Å². The number of carboxylic acid groups (broad SMARTS) is 1. The maximum atomic E-state index is 11.9. The molecule has 0 saturated carbocycles. The van der Waals surface area contributed by atoms with Crippen LogP contribution in [0.2, 0.25) is 0 Å². The fourth-order valence-corrected chi connectivity index (χ4v) is 3.00. The molecular weight excluding hydrogens is 268 g/mol. The molecule has 1 saturated heterocycles. The van der Waals surface area contributed by atoms with Crippen molar-refractivity contribution in [3.05, 3.63) is 0 Å². The molecule has 0 bridgehead atoms. The van der Waals surface area contributed by atoms with Gasteiger partial charge in [-0.05, 0) is 56.5 Å². The lowest BCUT2D eigenvalue weighted by Crippen LogP contribution is -2.33. The molecule has 0 aliphatic carbocycles. The van der Waals surface area contributed by atoms with Crippen LogP contribution < -0.4 is 10.6 Å². The summed E-state index contributed by atoms with van der Waals surface area (Å²) in [6, 6.07) is 0.